The smallest absolute Gasteiger partial charge is 0.138 e. The third-order valence-corrected chi connectivity index (χ3v) is 2.66. The van der Waals surface area contributed by atoms with Crippen molar-refractivity contribution in [2.45, 2.75) is 32.9 Å². The molecule has 0 aliphatic carbocycles. The van der Waals surface area contributed by atoms with Crippen molar-refractivity contribution in [3.8, 4) is 5.75 Å². The quantitative estimate of drug-likeness (QED) is 0.892. The van der Waals surface area contributed by atoms with Crippen LogP contribution in [0.5, 0.6) is 5.75 Å². The summed E-state index contributed by atoms with van der Waals surface area (Å²) in [7, 11) is 0. The molecule has 1 unspecified atom stereocenters. The Kier molecular flexibility index (Phi) is 4.47. The minimum atomic E-state index is 0.121. The Bertz CT molecular complexity index is 523. The van der Waals surface area contributed by atoms with Gasteiger partial charge in [0.05, 0.1) is 11.9 Å². The average Bonchev–Trinajstić information content (AvgIpc) is 2.37. The summed E-state index contributed by atoms with van der Waals surface area (Å²) >= 11 is 0. The van der Waals surface area contributed by atoms with Crippen molar-refractivity contribution in [1.29, 1.82) is 0 Å². The minimum absolute atomic E-state index is 0.121. The van der Waals surface area contributed by atoms with Crippen LogP contribution in [-0.2, 0) is 13.0 Å². The summed E-state index contributed by atoms with van der Waals surface area (Å²) in [6, 6.07) is 9.88. The van der Waals surface area contributed by atoms with Crippen LogP contribution in [0.2, 0.25) is 0 Å². The van der Waals surface area contributed by atoms with Gasteiger partial charge in [0.15, 0.2) is 0 Å². The monoisotopic (exact) mass is 257 g/mol. The highest BCUT2D eigenvalue weighted by Gasteiger charge is 2.01. The molecule has 19 heavy (non-hydrogen) atoms. The molecule has 0 saturated carbocycles. The Labute approximate surface area is 113 Å². The fourth-order valence-corrected chi connectivity index (χ4v) is 1.78. The van der Waals surface area contributed by atoms with Gasteiger partial charge in [-0.25, -0.2) is 0 Å². The zero-order valence-corrected chi connectivity index (χ0v) is 11.3. The maximum atomic E-state index is 5.73. The van der Waals surface area contributed by atoms with E-state index < -0.39 is 0 Å². The van der Waals surface area contributed by atoms with Crippen LogP contribution >= 0.6 is 0 Å². The van der Waals surface area contributed by atoms with Crippen molar-refractivity contribution in [1.82, 2.24) is 9.97 Å². The standard InChI is InChI=1S/C15H19N3O/c1-11(16)8-13-6-7-15(9-17-13)19-10-14-5-3-4-12(2)18-14/h3-7,9,11H,8,10,16H2,1-2H3. The van der Waals surface area contributed by atoms with Gasteiger partial charge in [-0.05, 0) is 38.1 Å². The second kappa shape index (κ2) is 6.29. The average molecular weight is 257 g/mol. The minimum Gasteiger partial charge on any atom is -0.486 e. The van der Waals surface area contributed by atoms with E-state index in [1.165, 1.54) is 0 Å². The van der Waals surface area contributed by atoms with Gasteiger partial charge in [0.25, 0.3) is 0 Å². The van der Waals surface area contributed by atoms with Crippen LogP contribution < -0.4 is 10.5 Å². The molecule has 2 aromatic heterocycles. The molecular formula is C15H19N3O. The molecule has 2 rings (SSSR count). The number of nitrogens with two attached hydrogens (primary N) is 1. The van der Waals surface area contributed by atoms with E-state index in [2.05, 4.69) is 9.97 Å². The Hall–Kier alpha value is -1.94. The van der Waals surface area contributed by atoms with Gasteiger partial charge in [0.2, 0.25) is 0 Å². The van der Waals surface area contributed by atoms with Crippen LogP contribution in [0, 0.1) is 6.92 Å². The molecule has 1 atom stereocenters. The summed E-state index contributed by atoms with van der Waals surface area (Å²) in [4.78, 5) is 8.71. The Morgan fingerprint density at radius 1 is 1.21 bits per heavy atom. The van der Waals surface area contributed by atoms with E-state index in [9.17, 15) is 0 Å². The maximum absolute atomic E-state index is 5.73. The van der Waals surface area contributed by atoms with Crippen molar-refractivity contribution < 1.29 is 4.74 Å². The number of nitrogens with zero attached hydrogens (tertiary/aromatic N) is 2. The molecule has 0 aromatic carbocycles. The molecule has 4 heteroatoms. The zero-order valence-electron chi connectivity index (χ0n) is 11.3. The Balaban J connectivity index is 1.93. The van der Waals surface area contributed by atoms with E-state index in [1.807, 2.05) is 44.2 Å². The van der Waals surface area contributed by atoms with Crippen molar-refractivity contribution >= 4 is 0 Å². The largest absolute Gasteiger partial charge is 0.486 e. The molecule has 0 aliphatic rings. The van der Waals surface area contributed by atoms with Crippen molar-refractivity contribution in [3.63, 3.8) is 0 Å². The summed E-state index contributed by atoms with van der Waals surface area (Å²) in [6.07, 6.45) is 2.51. The summed E-state index contributed by atoms with van der Waals surface area (Å²) in [5.74, 6) is 0.747. The number of hydrogen-bond acceptors (Lipinski definition) is 4. The predicted octanol–water partition coefficient (Wildman–Crippen LogP) is 2.25. The molecule has 0 radical (unpaired) electrons. The van der Waals surface area contributed by atoms with Crippen molar-refractivity contribution in [2.24, 2.45) is 5.73 Å². The molecule has 0 fully saturated rings. The summed E-state index contributed by atoms with van der Waals surface area (Å²) in [5.41, 5.74) is 8.62. The molecule has 0 aliphatic heterocycles. The number of aromatic nitrogens is 2. The first-order valence-electron chi connectivity index (χ1n) is 6.39. The van der Waals surface area contributed by atoms with Crippen LogP contribution in [-0.4, -0.2) is 16.0 Å². The van der Waals surface area contributed by atoms with E-state index in [-0.39, 0.29) is 6.04 Å². The van der Waals surface area contributed by atoms with Gasteiger partial charge >= 0.3 is 0 Å². The molecule has 4 nitrogen and oxygen atoms in total. The highest BCUT2D eigenvalue weighted by Crippen LogP contribution is 2.12. The number of hydrogen-bond donors (Lipinski definition) is 1. The third kappa shape index (κ3) is 4.34. The number of pyridine rings is 2. The zero-order chi connectivity index (χ0) is 13.7. The lowest BCUT2D eigenvalue weighted by Crippen LogP contribution is -2.18. The topological polar surface area (TPSA) is 61.0 Å². The van der Waals surface area contributed by atoms with E-state index in [4.69, 9.17) is 10.5 Å². The van der Waals surface area contributed by atoms with Crippen LogP contribution in [0.1, 0.15) is 24.0 Å². The molecular weight excluding hydrogens is 238 g/mol. The van der Waals surface area contributed by atoms with Gasteiger partial charge in [-0.1, -0.05) is 6.07 Å². The fraction of sp³-hybridized carbons (Fsp3) is 0.333. The van der Waals surface area contributed by atoms with Gasteiger partial charge in [-0.3, -0.25) is 9.97 Å². The lowest BCUT2D eigenvalue weighted by Gasteiger charge is -2.08. The summed E-state index contributed by atoms with van der Waals surface area (Å²) in [5, 5.41) is 0. The third-order valence-electron chi connectivity index (χ3n) is 2.66. The van der Waals surface area contributed by atoms with Crippen molar-refractivity contribution in [2.75, 3.05) is 0 Å². The van der Waals surface area contributed by atoms with Crippen LogP contribution in [0.25, 0.3) is 0 Å². The first kappa shape index (κ1) is 13.5. The van der Waals surface area contributed by atoms with E-state index >= 15 is 0 Å². The summed E-state index contributed by atoms with van der Waals surface area (Å²) in [6.45, 7) is 4.39. The normalized spacial score (nSPS) is 12.2. The van der Waals surface area contributed by atoms with Crippen LogP contribution in [0.15, 0.2) is 36.5 Å². The van der Waals surface area contributed by atoms with Gasteiger partial charge in [-0.2, -0.15) is 0 Å². The first-order valence-corrected chi connectivity index (χ1v) is 6.39. The van der Waals surface area contributed by atoms with E-state index in [0.29, 0.717) is 6.61 Å². The lowest BCUT2D eigenvalue weighted by atomic mass is 10.2. The SMILES string of the molecule is Cc1cccc(COc2ccc(CC(C)N)nc2)n1. The number of aryl methyl sites for hydroxylation is 1. The number of rotatable bonds is 5. The molecule has 0 saturated heterocycles. The lowest BCUT2D eigenvalue weighted by molar-refractivity contribution is 0.299. The molecule has 0 spiro atoms. The molecule has 0 bridgehead atoms. The van der Waals surface area contributed by atoms with E-state index in [0.717, 1.165) is 29.3 Å². The Morgan fingerprint density at radius 3 is 2.68 bits per heavy atom. The van der Waals surface area contributed by atoms with Gasteiger partial charge < -0.3 is 10.5 Å². The fourth-order valence-electron chi connectivity index (χ4n) is 1.78. The highest BCUT2D eigenvalue weighted by atomic mass is 16.5. The first-order chi connectivity index (χ1) is 9.13. The molecule has 100 valence electrons. The van der Waals surface area contributed by atoms with Crippen LogP contribution in [0.4, 0.5) is 0 Å². The van der Waals surface area contributed by atoms with Crippen molar-refractivity contribution in [3.05, 3.63) is 53.6 Å². The van der Waals surface area contributed by atoms with E-state index in [1.54, 1.807) is 6.20 Å². The number of ether oxygens (including phenoxy) is 1. The second-order valence-electron chi connectivity index (χ2n) is 4.73. The molecule has 2 N–H and O–H groups in total. The van der Waals surface area contributed by atoms with Gasteiger partial charge in [-0.15, -0.1) is 0 Å². The van der Waals surface area contributed by atoms with Gasteiger partial charge in [0.1, 0.15) is 12.4 Å². The predicted molar refractivity (Wildman–Crippen MR) is 74.9 cm³/mol. The summed E-state index contributed by atoms with van der Waals surface area (Å²) < 4.78 is 5.65. The van der Waals surface area contributed by atoms with Crippen LogP contribution in [0.3, 0.4) is 0 Å². The molecule has 2 heterocycles. The van der Waals surface area contributed by atoms with Gasteiger partial charge in [0, 0.05) is 23.9 Å². The molecule has 2 aromatic rings. The molecule has 0 amide bonds. The Morgan fingerprint density at radius 2 is 2.05 bits per heavy atom. The highest BCUT2D eigenvalue weighted by molar-refractivity contribution is 5.21. The maximum Gasteiger partial charge on any atom is 0.138 e. The second-order valence-corrected chi connectivity index (χ2v) is 4.73.